The summed E-state index contributed by atoms with van der Waals surface area (Å²) in [7, 11) is 0. The summed E-state index contributed by atoms with van der Waals surface area (Å²) in [4.78, 5) is 23.6. The van der Waals surface area contributed by atoms with Gasteiger partial charge in [0.2, 0.25) is 5.91 Å². The van der Waals surface area contributed by atoms with E-state index < -0.39 is 17.8 Å². The van der Waals surface area contributed by atoms with Crippen LogP contribution in [-0.2, 0) is 16.0 Å². The Morgan fingerprint density at radius 3 is 2.52 bits per heavy atom. The first-order valence-electron chi connectivity index (χ1n) is 7.58. The fourth-order valence-corrected chi connectivity index (χ4v) is 2.15. The lowest BCUT2D eigenvalue weighted by Gasteiger charge is -2.16. The van der Waals surface area contributed by atoms with E-state index in [1.165, 1.54) is 37.4 Å². The van der Waals surface area contributed by atoms with Gasteiger partial charge in [-0.3, -0.25) is 9.59 Å². The number of rotatable bonds is 6. The molecule has 2 aromatic rings. The molecule has 1 atom stereocenters. The minimum atomic E-state index is -0.847. The molecular weight excluding hydrogens is 325 g/mol. The average Bonchev–Trinajstić information content (AvgIpc) is 2.57. The molecular formula is C18H18FN3O3. The molecule has 1 unspecified atom stereocenters. The fraction of sp³-hybridized carbons (Fsp3) is 0.167. The van der Waals surface area contributed by atoms with E-state index in [0.717, 1.165) is 5.56 Å². The molecule has 0 radical (unpaired) electrons. The van der Waals surface area contributed by atoms with Crippen molar-refractivity contribution >= 4 is 18.0 Å². The molecule has 0 saturated carbocycles. The van der Waals surface area contributed by atoms with Crippen LogP contribution in [-0.4, -0.2) is 29.2 Å². The van der Waals surface area contributed by atoms with E-state index in [1.54, 1.807) is 24.3 Å². The molecule has 0 aliphatic heterocycles. The quantitative estimate of drug-likeness (QED) is 0.551. The van der Waals surface area contributed by atoms with Gasteiger partial charge in [-0.25, -0.2) is 9.82 Å². The third-order valence-corrected chi connectivity index (χ3v) is 3.35. The van der Waals surface area contributed by atoms with Crippen molar-refractivity contribution in [1.29, 1.82) is 0 Å². The molecule has 6 nitrogen and oxygen atoms in total. The lowest BCUT2D eigenvalue weighted by atomic mass is 10.1. The number of phenolic OH excluding ortho intramolecular Hbond substituents is 1. The number of carbonyl (C=O) groups is 2. The van der Waals surface area contributed by atoms with Gasteiger partial charge in [-0.05, 0) is 23.8 Å². The smallest absolute Gasteiger partial charge is 0.262 e. The van der Waals surface area contributed by atoms with Gasteiger partial charge >= 0.3 is 0 Å². The standard InChI is InChI=1S/C18H18FN3O3/c1-12(23)21-17(10-13-6-8-15(24)9-7-13)18(25)22-20-11-14-4-2-3-5-16(14)19/h2-9,11,17,24H,10H2,1H3,(H,21,23)(H,22,25)/b20-11+. The highest BCUT2D eigenvalue weighted by Gasteiger charge is 2.19. The number of halogens is 1. The van der Waals surface area contributed by atoms with Crippen LogP contribution < -0.4 is 10.7 Å². The van der Waals surface area contributed by atoms with Gasteiger partial charge in [0.1, 0.15) is 17.6 Å². The second-order valence-corrected chi connectivity index (χ2v) is 5.38. The monoisotopic (exact) mass is 343 g/mol. The van der Waals surface area contributed by atoms with Gasteiger partial charge < -0.3 is 10.4 Å². The third kappa shape index (κ3) is 5.72. The van der Waals surface area contributed by atoms with Gasteiger partial charge in [-0.2, -0.15) is 5.10 Å². The van der Waals surface area contributed by atoms with E-state index in [-0.39, 0.29) is 23.6 Å². The Kier molecular flexibility index (Phi) is 6.22. The SMILES string of the molecule is CC(=O)NC(Cc1ccc(O)cc1)C(=O)N/N=C/c1ccccc1F. The van der Waals surface area contributed by atoms with Crippen LogP contribution >= 0.6 is 0 Å². The minimum absolute atomic E-state index is 0.110. The molecule has 25 heavy (non-hydrogen) atoms. The molecule has 130 valence electrons. The zero-order chi connectivity index (χ0) is 18.2. The molecule has 2 rings (SSSR count). The van der Waals surface area contributed by atoms with Crippen LogP contribution in [0.2, 0.25) is 0 Å². The normalized spacial score (nSPS) is 11.9. The van der Waals surface area contributed by atoms with E-state index in [0.29, 0.717) is 0 Å². The summed E-state index contributed by atoms with van der Waals surface area (Å²) in [5.74, 6) is -1.24. The fourth-order valence-electron chi connectivity index (χ4n) is 2.15. The highest BCUT2D eigenvalue weighted by Crippen LogP contribution is 2.11. The molecule has 0 saturated heterocycles. The number of nitrogens with one attached hydrogen (secondary N) is 2. The first-order valence-corrected chi connectivity index (χ1v) is 7.58. The molecule has 0 fully saturated rings. The van der Waals surface area contributed by atoms with Gasteiger partial charge in [-0.1, -0.05) is 30.3 Å². The number of phenols is 1. The lowest BCUT2D eigenvalue weighted by Crippen LogP contribution is -2.46. The second kappa shape index (κ2) is 8.58. The molecule has 2 amide bonds. The second-order valence-electron chi connectivity index (χ2n) is 5.38. The van der Waals surface area contributed by atoms with Gasteiger partial charge in [-0.15, -0.1) is 0 Å². The molecule has 7 heteroatoms. The number of nitrogens with zero attached hydrogens (tertiary/aromatic N) is 1. The largest absolute Gasteiger partial charge is 0.508 e. The van der Waals surface area contributed by atoms with Crippen molar-refractivity contribution in [1.82, 2.24) is 10.7 Å². The maximum atomic E-state index is 13.5. The minimum Gasteiger partial charge on any atom is -0.508 e. The number of carbonyl (C=O) groups excluding carboxylic acids is 2. The number of amides is 2. The van der Waals surface area contributed by atoms with Gasteiger partial charge in [0, 0.05) is 18.9 Å². The van der Waals surface area contributed by atoms with Crippen molar-refractivity contribution in [2.24, 2.45) is 5.10 Å². The highest BCUT2D eigenvalue weighted by molar-refractivity contribution is 5.88. The number of benzene rings is 2. The molecule has 0 aliphatic rings. The van der Waals surface area contributed by atoms with E-state index in [2.05, 4.69) is 15.8 Å². The summed E-state index contributed by atoms with van der Waals surface area (Å²) < 4.78 is 13.5. The van der Waals surface area contributed by atoms with Crippen molar-refractivity contribution < 1.29 is 19.1 Å². The van der Waals surface area contributed by atoms with Crippen molar-refractivity contribution in [3.05, 3.63) is 65.5 Å². The van der Waals surface area contributed by atoms with Crippen molar-refractivity contribution in [2.75, 3.05) is 0 Å². The van der Waals surface area contributed by atoms with E-state index in [4.69, 9.17) is 0 Å². The Morgan fingerprint density at radius 2 is 1.88 bits per heavy atom. The predicted octanol–water partition coefficient (Wildman–Crippen LogP) is 1.73. The van der Waals surface area contributed by atoms with Crippen molar-refractivity contribution in [3.63, 3.8) is 0 Å². The molecule has 0 aromatic heterocycles. The zero-order valence-electron chi connectivity index (χ0n) is 13.6. The van der Waals surface area contributed by atoms with E-state index in [1.807, 2.05) is 0 Å². The molecule has 0 heterocycles. The van der Waals surface area contributed by atoms with Crippen LogP contribution in [0.4, 0.5) is 4.39 Å². The van der Waals surface area contributed by atoms with Crippen LogP contribution in [0.25, 0.3) is 0 Å². The molecule has 0 bridgehead atoms. The number of hydrazone groups is 1. The lowest BCUT2D eigenvalue weighted by molar-refractivity contribution is -0.128. The maximum Gasteiger partial charge on any atom is 0.262 e. The summed E-state index contributed by atoms with van der Waals surface area (Å²) in [6, 6.07) is 11.5. The van der Waals surface area contributed by atoms with E-state index >= 15 is 0 Å². The first-order chi connectivity index (χ1) is 12.0. The van der Waals surface area contributed by atoms with E-state index in [9.17, 15) is 19.1 Å². The summed E-state index contributed by atoms with van der Waals surface area (Å²) in [6.45, 7) is 1.31. The average molecular weight is 343 g/mol. The summed E-state index contributed by atoms with van der Waals surface area (Å²) >= 11 is 0. The third-order valence-electron chi connectivity index (χ3n) is 3.35. The first kappa shape index (κ1) is 18.1. The number of hydrogen-bond acceptors (Lipinski definition) is 4. The Balaban J connectivity index is 2.03. The number of hydrogen-bond donors (Lipinski definition) is 3. The summed E-state index contributed by atoms with van der Waals surface area (Å²) in [5, 5.41) is 15.6. The summed E-state index contributed by atoms with van der Waals surface area (Å²) in [5.41, 5.74) is 3.28. The van der Waals surface area contributed by atoms with Crippen LogP contribution in [0.5, 0.6) is 5.75 Å². The van der Waals surface area contributed by atoms with Gasteiger partial charge in [0.15, 0.2) is 0 Å². The Bertz CT molecular complexity index is 775. The summed E-state index contributed by atoms with van der Waals surface area (Å²) in [6.07, 6.45) is 1.42. The highest BCUT2D eigenvalue weighted by atomic mass is 19.1. The van der Waals surface area contributed by atoms with Crippen LogP contribution in [0, 0.1) is 5.82 Å². The van der Waals surface area contributed by atoms with Crippen molar-refractivity contribution in [3.8, 4) is 5.75 Å². The Hall–Kier alpha value is -3.22. The van der Waals surface area contributed by atoms with Gasteiger partial charge in [0.25, 0.3) is 5.91 Å². The maximum absolute atomic E-state index is 13.5. The van der Waals surface area contributed by atoms with Crippen LogP contribution in [0.15, 0.2) is 53.6 Å². The predicted molar refractivity (Wildman–Crippen MR) is 91.6 cm³/mol. The number of aromatic hydroxyl groups is 1. The Labute approximate surface area is 144 Å². The van der Waals surface area contributed by atoms with Gasteiger partial charge in [0.05, 0.1) is 6.21 Å². The Morgan fingerprint density at radius 1 is 1.20 bits per heavy atom. The molecule has 0 spiro atoms. The molecule has 2 aromatic carbocycles. The van der Waals surface area contributed by atoms with Crippen molar-refractivity contribution in [2.45, 2.75) is 19.4 Å². The molecule has 3 N–H and O–H groups in total. The van der Waals surface area contributed by atoms with Crippen LogP contribution in [0.3, 0.4) is 0 Å². The molecule has 0 aliphatic carbocycles. The zero-order valence-corrected chi connectivity index (χ0v) is 13.6. The topological polar surface area (TPSA) is 90.8 Å². The van der Waals surface area contributed by atoms with Crippen LogP contribution in [0.1, 0.15) is 18.1 Å².